The summed E-state index contributed by atoms with van der Waals surface area (Å²) in [5.74, 6) is 0.107. The number of ether oxygens (including phenoxy) is 1. The van der Waals surface area contributed by atoms with Crippen molar-refractivity contribution in [1.82, 2.24) is 0 Å². The molecule has 9 heteroatoms. The maximum atomic E-state index is 13.8. The van der Waals surface area contributed by atoms with Gasteiger partial charge >= 0.3 is 0 Å². The van der Waals surface area contributed by atoms with Gasteiger partial charge in [0.1, 0.15) is 0 Å². The molecule has 0 aromatic heterocycles. The highest BCUT2D eigenvalue weighted by Crippen LogP contribution is 2.38. The summed E-state index contributed by atoms with van der Waals surface area (Å²) < 4.78 is 55.9. The fourth-order valence-corrected chi connectivity index (χ4v) is 7.26. The van der Waals surface area contributed by atoms with E-state index in [1.807, 2.05) is 38.1 Å². The molecule has 180 valence electrons. The Morgan fingerprint density at radius 2 is 1.85 bits per heavy atom. The number of rotatable bonds is 8. The molecular weight excluding hydrogens is 458 g/mol. The second kappa shape index (κ2) is 8.92. The van der Waals surface area contributed by atoms with E-state index in [9.17, 15) is 12.6 Å². The predicted molar refractivity (Wildman–Crippen MR) is 132 cm³/mol. The maximum Gasteiger partial charge on any atom is 0.264 e. The van der Waals surface area contributed by atoms with Gasteiger partial charge in [0.15, 0.2) is 0 Å². The van der Waals surface area contributed by atoms with Crippen molar-refractivity contribution in [2.45, 2.75) is 55.5 Å². The van der Waals surface area contributed by atoms with Crippen LogP contribution in [0.15, 0.2) is 52.3 Å². The van der Waals surface area contributed by atoms with Gasteiger partial charge in [-0.1, -0.05) is 32.9 Å². The third-order valence-corrected chi connectivity index (χ3v) is 9.27. The molecule has 4 rings (SSSR count). The highest BCUT2D eigenvalue weighted by Gasteiger charge is 2.40. The average molecular weight is 492 g/mol. The van der Waals surface area contributed by atoms with Crippen molar-refractivity contribution in [2.75, 3.05) is 35.2 Å². The molecule has 33 heavy (non-hydrogen) atoms. The van der Waals surface area contributed by atoms with Crippen molar-refractivity contribution in [3.8, 4) is 0 Å². The molecule has 2 aromatic carbocycles. The molecule has 3 atom stereocenters. The zero-order chi connectivity index (χ0) is 24.0. The topological polar surface area (TPSA) is 90.8 Å². The molecule has 2 fully saturated rings. The van der Waals surface area contributed by atoms with E-state index < -0.39 is 19.8 Å². The SMILES string of the molecule is CCc1ccc(N(CC(C)C)S(=O)(=O)c2ccc(N3CC4CC3CO4)c(S(C)(=N)=O)c2)cc1. The number of anilines is 2. The molecule has 2 aliphatic rings. The Morgan fingerprint density at radius 1 is 1.15 bits per heavy atom. The minimum absolute atomic E-state index is 0.0592. The molecule has 2 saturated heterocycles. The zero-order valence-electron chi connectivity index (χ0n) is 19.7. The smallest absolute Gasteiger partial charge is 0.264 e. The minimum atomic E-state index is -3.92. The van der Waals surface area contributed by atoms with E-state index in [0.717, 1.165) is 18.4 Å². The zero-order valence-corrected chi connectivity index (χ0v) is 21.3. The van der Waals surface area contributed by atoms with Crippen molar-refractivity contribution in [3.05, 3.63) is 48.0 Å². The van der Waals surface area contributed by atoms with Crippen LogP contribution in [-0.4, -0.2) is 50.7 Å². The fraction of sp³-hybridized carbons (Fsp3) is 0.500. The van der Waals surface area contributed by atoms with Gasteiger partial charge in [-0.2, -0.15) is 0 Å². The van der Waals surface area contributed by atoms with E-state index in [1.54, 1.807) is 12.1 Å². The largest absolute Gasteiger partial charge is 0.374 e. The Balaban J connectivity index is 1.78. The van der Waals surface area contributed by atoms with Gasteiger partial charge in [0.25, 0.3) is 10.0 Å². The highest BCUT2D eigenvalue weighted by molar-refractivity contribution is 7.93. The molecule has 1 N–H and O–H groups in total. The summed E-state index contributed by atoms with van der Waals surface area (Å²) in [5.41, 5.74) is 2.41. The molecule has 7 nitrogen and oxygen atoms in total. The van der Waals surface area contributed by atoms with Crippen LogP contribution in [0.3, 0.4) is 0 Å². The number of fused-ring (bicyclic) bond motifs is 2. The first-order chi connectivity index (χ1) is 15.5. The summed E-state index contributed by atoms with van der Waals surface area (Å²) in [4.78, 5) is 2.44. The first-order valence-corrected chi connectivity index (χ1v) is 14.8. The maximum absolute atomic E-state index is 13.8. The predicted octanol–water partition coefficient (Wildman–Crippen LogP) is 4.11. The monoisotopic (exact) mass is 491 g/mol. The number of nitrogens with one attached hydrogen (secondary N) is 1. The lowest BCUT2D eigenvalue weighted by Gasteiger charge is -2.31. The third-order valence-electron chi connectivity index (χ3n) is 6.31. The number of morpholine rings is 1. The number of hydrogen-bond donors (Lipinski definition) is 1. The summed E-state index contributed by atoms with van der Waals surface area (Å²) in [6.45, 7) is 7.60. The van der Waals surface area contributed by atoms with E-state index in [1.165, 1.54) is 16.6 Å². The van der Waals surface area contributed by atoms with Crippen LogP contribution in [0.4, 0.5) is 11.4 Å². The van der Waals surface area contributed by atoms with Crippen molar-refractivity contribution < 1.29 is 17.4 Å². The van der Waals surface area contributed by atoms with Gasteiger partial charge in [0.05, 0.1) is 49.6 Å². The summed E-state index contributed by atoms with van der Waals surface area (Å²) in [6, 6.07) is 12.5. The van der Waals surface area contributed by atoms with Gasteiger partial charge in [0.2, 0.25) is 0 Å². The fourth-order valence-electron chi connectivity index (χ4n) is 4.60. The molecule has 2 aromatic rings. The Bertz CT molecular complexity index is 1220. The van der Waals surface area contributed by atoms with E-state index in [4.69, 9.17) is 9.52 Å². The molecule has 2 heterocycles. The van der Waals surface area contributed by atoms with E-state index in [0.29, 0.717) is 31.1 Å². The second-order valence-electron chi connectivity index (χ2n) is 9.42. The van der Waals surface area contributed by atoms with Crippen molar-refractivity contribution in [1.29, 1.82) is 4.78 Å². The third kappa shape index (κ3) is 4.76. The Hall–Kier alpha value is -2.10. The van der Waals surface area contributed by atoms with Crippen LogP contribution in [0.25, 0.3) is 0 Å². The summed E-state index contributed by atoms with van der Waals surface area (Å²) in [5, 5.41) is 0. The van der Waals surface area contributed by atoms with Gasteiger partial charge in [-0.25, -0.2) is 17.4 Å². The number of hydrogen-bond acceptors (Lipinski definition) is 6. The summed E-state index contributed by atoms with van der Waals surface area (Å²) >= 11 is 0. The summed E-state index contributed by atoms with van der Waals surface area (Å²) in [6.07, 6.45) is 3.26. The van der Waals surface area contributed by atoms with Crippen LogP contribution in [0.1, 0.15) is 32.8 Å². The summed E-state index contributed by atoms with van der Waals surface area (Å²) in [7, 11) is -7.08. The molecule has 2 bridgehead atoms. The van der Waals surface area contributed by atoms with Crippen LogP contribution in [-0.2, 0) is 30.9 Å². The van der Waals surface area contributed by atoms with Crippen molar-refractivity contribution in [2.24, 2.45) is 5.92 Å². The molecule has 0 saturated carbocycles. The lowest BCUT2D eigenvalue weighted by atomic mass is 10.1. The molecular formula is C24H33N3O4S2. The van der Waals surface area contributed by atoms with Gasteiger partial charge in [0, 0.05) is 19.3 Å². The number of aryl methyl sites for hydroxylation is 1. The Labute approximate surface area is 197 Å². The van der Waals surface area contributed by atoms with Gasteiger partial charge in [-0.05, 0) is 54.7 Å². The lowest BCUT2D eigenvalue weighted by molar-refractivity contribution is 0.0990. The quantitative estimate of drug-likeness (QED) is 0.600. The molecule has 0 spiro atoms. The standard InChI is InChI=1S/C24H33N3O4S2/c1-5-18-6-8-19(9-7-18)27(14-17(2)3)33(29,30)22-10-11-23(24(13-22)32(4,25)28)26-15-21-12-20(26)16-31-21/h6-11,13,17,20-21,25H,5,12,14-16H2,1-4H3. The van der Waals surface area contributed by atoms with Gasteiger partial charge in [-0.3, -0.25) is 4.31 Å². The first-order valence-electron chi connectivity index (χ1n) is 11.4. The molecule has 3 unspecified atom stereocenters. The first kappa shape index (κ1) is 24.0. The number of nitrogens with zero attached hydrogens (tertiary/aromatic N) is 2. The van der Waals surface area contributed by atoms with E-state index in [2.05, 4.69) is 11.8 Å². The van der Waals surface area contributed by atoms with Crippen LogP contribution in [0.2, 0.25) is 0 Å². The number of benzene rings is 2. The molecule has 0 amide bonds. The second-order valence-corrected chi connectivity index (χ2v) is 13.4. The highest BCUT2D eigenvalue weighted by atomic mass is 32.2. The van der Waals surface area contributed by atoms with Gasteiger partial charge in [-0.15, -0.1) is 0 Å². The average Bonchev–Trinajstić information content (AvgIpc) is 3.40. The van der Waals surface area contributed by atoms with E-state index >= 15 is 0 Å². The minimum Gasteiger partial charge on any atom is -0.374 e. The molecule has 0 radical (unpaired) electrons. The van der Waals surface area contributed by atoms with Crippen molar-refractivity contribution in [3.63, 3.8) is 0 Å². The number of sulfonamides is 1. The normalized spacial score (nSPS) is 22.0. The Morgan fingerprint density at radius 3 is 2.36 bits per heavy atom. The van der Waals surface area contributed by atoms with E-state index in [-0.39, 0.29) is 27.9 Å². The van der Waals surface area contributed by atoms with Crippen LogP contribution < -0.4 is 9.21 Å². The lowest BCUT2D eigenvalue weighted by Crippen LogP contribution is -2.38. The molecule has 0 aliphatic carbocycles. The Kier molecular flexibility index (Phi) is 6.50. The van der Waals surface area contributed by atoms with Crippen LogP contribution >= 0.6 is 0 Å². The van der Waals surface area contributed by atoms with Crippen LogP contribution in [0, 0.1) is 10.7 Å². The van der Waals surface area contributed by atoms with Crippen molar-refractivity contribution >= 4 is 31.1 Å². The van der Waals surface area contributed by atoms with Gasteiger partial charge < -0.3 is 9.64 Å². The van der Waals surface area contributed by atoms with Crippen LogP contribution in [0.5, 0.6) is 0 Å². The molecule has 2 aliphatic heterocycles.